The third kappa shape index (κ3) is 3.14. The van der Waals surface area contributed by atoms with Gasteiger partial charge in [-0.25, -0.2) is 0 Å². The molecule has 5 heteroatoms. The van der Waals surface area contributed by atoms with Crippen molar-refractivity contribution in [2.45, 2.75) is 34.1 Å². The zero-order valence-electron chi connectivity index (χ0n) is 15.1. The van der Waals surface area contributed by atoms with Gasteiger partial charge in [-0.1, -0.05) is 36.7 Å². The van der Waals surface area contributed by atoms with Crippen molar-refractivity contribution in [3.63, 3.8) is 0 Å². The van der Waals surface area contributed by atoms with Crippen molar-refractivity contribution < 1.29 is 0 Å². The maximum atomic E-state index is 8.30. The van der Waals surface area contributed by atoms with Gasteiger partial charge in [0.25, 0.3) is 0 Å². The topological polar surface area (TPSA) is 55.2 Å². The average molecular weight is 355 g/mol. The number of rotatable bonds is 2. The van der Waals surface area contributed by atoms with Crippen LogP contribution in [-0.4, -0.2) is 23.1 Å². The summed E-state index contributed by atoms with van der Waals surface area (Å²) in [6.07, 6.45) is 3.04. The van der Waals surface area contributed by atoms with Crippen LogP contribution in [0, 0.1) is 19.3 Å². The zero-order chi connectivity index (χ0) is 18.1. The van der Waals surface area contributed by atoms with Gasteiger partial charge in [0.15, 0.2) is 0 Å². The highest BCUT2D eigenvalue weighted by atomic mass is 35.5. The van der Waals surface area contributed by atoms with E-state index < -0.39 is 0 Å². The van der Waals surface area contributed by atoms with Gasteiger partial charge < -0.3 is 4.98 Å². The first-order valence-corrected chi connectivity index (χ1v) is 8.86. The van der Waals surface area contributed by atoms with E-state index in [0.29, 0.717) is 17.4 Å². The van der Waals surface area contributed by atoms with Gasteiger partial charge in [0, 0.05) is 27.5 Å². The molecule has 4 nitrogen and oxygen atoms in total. The lowest BCUT2D eigenvalue weighted by molar-refractivity contribution is 1.02. The highest BCUT2D eigenvalue weighted by Gasteiger charge is 2.28. The molecule has 0 spiro atoms. The molecule has 0 bridgehead atoms. The van der Waals surface area contributed by atoms with E-state index in [-0.39, 0.29) is 0 Å². The number of aliphatic imine (C=N–C) groups is 1. The second-order valence-electron chi connectivity index (χ2n) is 6.29. The number of aryl methyl sites for hydroxylation is 1. The van der Waals surface area contributed by atoms with Crippen LogP contribution >= 0.6 is 11.6 Å². The van der Waals surface area contributed by atoms with E-state index in [2.05, 4.69) is 31.8 Å². The number of aromatic nitrogens is 1. The van der Waals surface area contributed by atoms with Crippen LogP contribution in [0.3, 0.4) is 0 Å². The number of nitrogens with zero attached hydrogens (tertiary/aromatic N) is 2. The van der Waals surface area contributed by atoms with Crippen LogP contribution in [0.15, 0.2) is 41.0 Å². The lowest BCUT2D eigenvalue weighted by Gasteiger charge is -2.24. The number of H-pyrrole nitrogens is 1. The molecule has 1 aromatic heterocycles. The molecule has 0 fully saturated rings. The van der Waals surface area contributed by atoms with Gasteiger partial charge in [-0.15, -0.1) is 0 Å². The quantitative estimate of drug-likeness (QED) is 0.562. The predicted octanol–water partition coefficient (Wildman–Crippen LogP) is 5.23. The van der Waals surface area contributed by atoms with Crippen molar-refractivity contribution in [3.05, 3.63) is 63.4 Å². The Kier molecular flexibility index (Phi) is 4.82. The van der Waals surface area contributed by atoms with Crippen molar-refractivity contribution in [2.24, 2.45) is 4.99 Å². The van der Waals surface area contributed by atoms with E-state index in [1.165, 1.54) is 0 Å². The second-order valence-corrected chi connectivity index (χ2v) is 6.73. The van der Waals surface area contributed by atoms with Crippen molar-refractivity contribution in [2.75, 3.05) is 11.4 Å². The normalized spacial score (nSPS) is 15.8. The minimum atomic E-state index is 0.481. The second kappa shape index (κ2) is 6.89. The fourth-order valence-corrected chi connectivity index (χ4v) is 3.35. The molecule has 2 aromatic rings. The summed E-state index contributed by atoms with van der Waals surface area (Å²) in [5, 5.41) is 9.01. The highest BCUT2D eigenvalue weighted by Crippen LogP contribution is 2.34. The Hall–Kier alpha value is -2.33. The molecular formula is C20H23ClN4. The molecule has 0 amide bonds. The molecule has 0 radical (unpaired) electrons. The first-order valence-electron chi connectivity index (χ1n) is 8.48. The van der Waals surface area contributed by atoms with Gasteiger partial charge in [-0.05, 0) is 44.9 Å². The van der Waals surface area contributed by atoms with Crippen LogP contribution in [0.2, 0.25) is 5.02 Å². The van der Waals surface area contributed by atoms with Crippen LogP contribution < -0.4 is 4.90 Å². The third-order valence-electron chi connectivity index (χ3n) is 4.52. The molecule has 3 rings (SSSR count). The van der Waals surface area contributed by atoms with Gasteiger partial charge in [-0.3, -0.25) is 15.3 Å². The van der Waals surface area contributed by atoms with Gasteiger partial charge in [0.2, 0.25) is 0 Å². The van der Waals surface area contributed by atoms with E-state index in [4.69, 9.17) is 22.0 Å². The molecule has 0 aliphatic carbocycles. The Morgan fingerprint density at radius 1 is 1.32 bits per heavy atom. The van der Waals surface area contributed by atoms with E-state index in [1.54, 1.807) is 0 Å². The monoisotopic (exact) mass is 354 g/mol. The first kappa shape index (κ1) is 17.5. The number of allylic oxidation sites excluding steroid dienone is 1. The average Bonchev–Trinajstić information content (AvgIpc) is 2.76. The number of hydrogen-bond donors (Lipinski definition) is 2. The van der Waals surface area contributed by atoms with Crippen molar-refractivity contribution in [3.8, 4) is 0 Å². The maximum Gasteiger partial charge on any atom is 0.125 e. The Labute approximate surface area is 153 Å². The fourth-order valence-electron chi connectivity index (χ4n) is 3.23. The number of aromatic amines is 1. The minimum Gasteiger partial charge on any atom is -0.344 e. The van der Waals surface area contributed by atoms with Crippen LogP contribution in [0.4, 0.5) is 5.82 Å². The van der Waals surface area contributed by atoms with E-state index in [1.807, 2.05) is 36.1 Å². The molecule has 0 unspecified atom stereocenters. The number of halogens is 1. The Morgan fingerprint density at radius 2 is 2.00 bits per heavy atom. The van der Waals surface area contributed by atoms with Gasteiger partial charge >= 0.3 is 0 Å². The van der Waals surface area contributed by atoms with Crippen molar-refractivity contribution in [1.82, 2.24) is 4.98 Å². The van der Waals surface area contributed by atoms with Crippen molar-refractivity contribution in [1.29, 1.82) is 5.41 Å². The van der Waals surface area contributed by atoms with Crippen LogP contribution in [0.5, 0.6) is 0 Å². The minimum absolute atomic E-state index is 0.481. The number of benzene rings is 1. The van der Waals surface area contributed by atoms with Crippen molar-refractivity contribution >= 4 is 29.0 Å². The number of hydrogen-bond acceptors (Lipinski definition) is 2. The summed E-state index contributed by atoms with van der Waals surface area (Å²) in [4.78, 5) is 10.4. The smallest absolute Gasteiger partial charge is 0.125 e. The highest BCUT2D eigenvalue weighted by molar-refractivity contribution is 6.30. The Balaban J connectivity index is 2.27. The number of amidine groups is 1. The van der Waals surface area contributed by atoms with Gasteiger partial charge in [-0.2, -0.15) is 0 Å². The van der Waals surface area contributed by atoms with Crippen LogP contribution in [0.1, 0.15) is 42.7 Å². The summed E-state index contributed by atoms with van der Waals surface area (Å²) >= 11 is 6.06. The molecular weight excluding hydrogens is 332 g/mol. The molecule has 1 aliphatic rings. The molecule has 0 saturated heterocycles. The molecule has 0 saturated carbocycles. The summed E-state index contributed by atoms with van der Waals surface area (Å²) in [6, 6.07) is 7.79. The predicted molar refractivity (Wildman–Crippen MR) is 106 cm³/mol. The number of anilines is 1. The summed E-state index contributed by atoms with van der Waals surface area (Å²) in [5.74, 6) is 1.41. The van der Waals surface area contributed by atoms with Gasteiger partial charge in [0.05, 0.1) is 12.3 Å². The zero-order valence-corrected chi connectivity index (χ0v) is 15.8. The molecule has 130 valence electrons. The molecule has 2 heterocycles. The van der Waals surface area contributed by atoms with Crippen LogP contribution in [-0.2, 0) is 0 Å². The standard InChI is InChI=1S/C20H23ClN4/c1-5-6-17-11-23-19(15-7-9-16(21)10-8-15)18-12(2)13(3)24-20(18)25(17)14(4)22/h6-10,22,24H,5,11H2,1-4H3/b17-6+,22-14?. The summed E-state index contributed by atoms with van der Waals surface area (Å²) in [7, 11) is 0. The number of nitrogens with one attached hydrogen (secondary N) is 2. The summed E-state index contributed by atoms with van der Waals surface area (Å²) < 4.78 is 0. The Morgan fingerprint density at radius 3 is 2.60 bits per heavy atom. The number of fused-ring (bicyclic) bond motifs is 1. The van der Waals surface area contributed by atoms with E-state index in [0.717, 1.165) is 46.0 Å². The lowest BCUT2D eigenvalue weighted by atomic mass is 10.00. The van der Waals surface area contributed by atoms with E-state index in [9.17, 15) is 0 Å². The molecule has 25 heavy (non-hydrogen) atoms. The summed E-state index contributed by atoms with van der Waals surface area (Å²) in [6.45, 7) is 8.62. The third-order valence-corrected chi connectivity index (χ3v) is 4.77. The molecule has 1 aliphatic heterocycles. The lowest BCUT2D eigenvalue weighted by Crippen LogP contribution is -2.29. The van der Waals surface area contributed by atoms with E-state index >= 15 is 0 Å². The molecule has 2 N–H and O–H groups in total. The molecule has 0 atom stereocenters. The fraction of sp³-hybridized carbons (Fsp3) is 0.300. The summed E-state index contributed by atoms with van der Waals surface area (Å²) in [5.41, 5.74) is 6.32. The maximum absolute atomic E-state index is 8.30. The largest absolute Gasteiger partial charge is 0.344 e. The van der Waals surface area contributed by atoms with Gasteiger partial charge in [0.1, 0.15) is 11.7 Å². The SMILES string of the molecule is CC/C=C1\CN=C(c2ccc(Cl)cc2)c2c([nH]c(C)c2C)N1C(C)=N. The van der Waals surface area contributed by atoms with Crippen LogP contribution in [0.25, 0.3) is 0 Å². The first-order chi connectivity index (χ1) is 11.9. The molecule has 1 aromatic carbocycles. The Bertz CT molecular complexity index is 872.